The smallest absolute Gasteiger partial charge is 0.348 e. The van der Waals surface area contributed by atoms with Crippen LogP contribution in [0, 0.1) is 0 Å². The van der Waals surface area contributed by atoms with Gasteiger partial charge in [0.05, 0.1) is 17.0 Å². The van der Waals surface area contributed by atoms with Crippen LogP contribution in [0.25, 0.3) is 0 Å². The third-order valence-electron chi connectivity index (χ3n) is 3.08. The molecule has 0 N–H and O–H groups in total. The zero-order chi connectivity index (χ0) is 17.8. The standard InChI is InChI=1S/C14H19F3N2O3S/c1-4-8-19(10-13(20)18(2)3)23(21,22)12-7-5-6-11(9-12)14(15,16)17/h5-7,9H,4,8,10H2,1-3H3. The predicted molar refractivity (Wildman–Crippen MR) is 79.2 cm³/mol. The van der Waals surface area contributed by atoms with E-state index < -0.39 is 39.1 Å². The molecule has 130 valence electrons. The summed E-state index contributed by atoms with van der Waals surface area (Å²) >= 11 is 0. The van der Waals surface area contributed by atoms with Gasteiger partial charge in [0.15, 0.2) is 0 Å². The summed E-state index contributed by atoms with van der Waals surface area (Å²) in [5.74, 6) is -0.450. The van der Waals surface area contributed by atoms with E-state index in [1.807, 2.05) is 0 Å². The van der Waals surface area contributed by atoms with E-state index in [9.17, 15) is 26.4 Å². The van der Waals surface area contributed by atoms with Gasteiger partial charge in [0.25, 0.3) is 0 Å². The van der Waals surface area contributed by atoms with Crippen molar-refractivity contribution in [3.8, 4) is 0 Å². The number of sulfonamides is 1. The molecule has 0 saturated heterocycles. The first kappa shape index (κ1) is 19.4. The molecule has 0 aliphatic heterocycles. The maximum atomic E-state index is 12.8. The van der Waals surface area contributed by atoms with Crippen molar-refractivity contribution in [3.63, 3.8) is 0 Å². The van der Waals surface area contributed by atoms with E-state index >= 15 is 0 Å². The molecule has 0 unspecified atom stereocenters. The minimum Gasteiger partial charge on any atom is -0.348 e. The molecule has 0 atom stereocenters. The van der Waals surface area contributed by atoms with Crippen LogP contribution in [0.3, 0.4) is 0 Å². The average Bonchev–Trinajstić information content (AvgIpc) is 2.45. The van der Waals surface area contributed by atoms with Crippen molar-refractivity contribution in [1.29, 1.82) is 0 Å². The van der Waals surface area contributed by atoms with Gasteiger partial charge in [0.2, 0.25) is 15.9 Å². The Morgan fingerprint density at radius 1 is 1.22 bits per heavy atom. The van der Waals surface area contributed by atoms with Gasteiger partial charge in [-0.15, -0.1) is 0 Å². The molecule has 23 heavy (non-hydrogen) atoms. The Labute approximate surface area is 133 Å². The summed E-state index contributed by atoms with van der Waals surface area (Å²) in [6.45, 7) is 1.34. The van der Waals surface area contributed by atoms with Crippen LogP contribution in [0.1, 0.15) is 18.9 Å². The molecule has 5 nitrogen and oxygen atoms in total. The van der Waals surface area contributed by atoms with Crippen LogP contribution < -0.4 is 0 Å². The Kier molecular flexibility index (Phi) is 6.18. The summed E-state index contributed by atoms with van der Waals surface area (Å²) in [6.07, 6.45) is -4.21. The van der Waals surface area contributed by atoms with Crippen molar-refractivity contribution < 1.29 is 26.4 Å². The molecule has 1 rings (SSSR count). The van der Waals surface area contributed by atoms with Crippen molar-refractivity contribution in [2.75, 3.05) is 27.2 Å². The minimum absolute atomic E-state index is 0.0398. The van der Waals surface area contributed by atoms with Crippen molar-refractivity contribution >= 4 is 15.9 Å². The summed E-state index contributed by atoms with van der Waals surface area (Å²) in [6, 6.07) is 3.51. The number of benzene rings is 1. The Hall–Kier alpha value is -1.61. The molecular formula is C14H19F3N2O3S. The number of likely N-dealkylation sites (N-methyl/N-ethyl adjacent to an activating group) is 1. The summed E-state index contributed by atoms with van der Waals surface area (Å²) < 4.78 is 64.2. The number of hydrogen-bond acceptors (Lipinski definition) is 3. The number of carbonyl (C=O) groups excluding carboxylic acids is 1. The van der Waals surface area contributed by atoms with Gasteiger partial charge in [0, 0.05) is 20.6 Å². The molecule has 0 bridgehead atoms. The first-order valence-corrected chi connectivity index (χ1v) is 8.31. The highest BCUT2D eigenvalue weighted by Crippen LogP contribution is 2.31. The van der Waals surface area contributed by atoms with Gasteiger partial charge in [0.1, 0.15) is 0 Å². The highest BCUT2D eigenvalue weighted by molar-refractivity contribution is 7.89. The van der Waals surface area contributed by atoms with Crippen LogP contribution >= 0.6 is 0 Å². The monoisotopic (exact) mass is 352 g/mol. The Morgan fingerprint density at radius 3 is 2.30 bits per heavy atom. The quantitative estimate of drug-likeness (QED) is 0.789. The van der Waals surface area contributed by atoms with Crippen LogP contribution in [0.5, 0.6) is 0 Å². The van der Waals surface area contributed by atoms with Crippen LogP contribution in [0.15, 0.2) is 29.2 Å². The second kappa shape index (κ2) is 7.31. The highest BCUT2D eigenvalue weighted by Gasteiger charge is 2.33. The largest absolute Gasteiger partial charge is 0.416 e. The van der Waals surface area contributed by atoms with Crippen LogP contribution in [-0.2, 0) is 21.0 Å². The van der Waals surface area contributed by atoms with Crippen LogP contribution in [0.2, 0.25) is 0 Å². The SMILES string of the molecule is CCCN(CC(=O)N(C)C)S(=O)(=O)c1cccc(C(F)(F)F)c1. The third kappa shape index (κ3) is 4.93. The fourth-order valence-corrected chi connectivity index (χ4v) is 3.34. The fourth-order valence-electron chi connectivity index (χ4n) is 1.81. The van der Waals surface area contributed by atoms with E-state index in [1.54, 1.807) is 6.92 Å². The van der Waals surface area contributed by atoms with E-state index in [4.69, 9.17) is 0 Å². The first-order chi connectivity index (χ1) is 10.5. The summed E-state index contributed by atoms with van der Waals surface area (Å²) in [5, 5.41) is 0. The lowest BCUT2D eigenvalue weighted by Crippen LogP contribution is -2.40. The molecule has 1 aromatic rings. The normalized spacial score (nSPS) is 12.5. The lowest BCUT2D eigenvalue weighted by molar-refractivity contribution is -0.137. The first-order valence-electron chi connectivity index (χ1n) is 6.87. The predicted octanol–water partition coefficient (Wildman–Crippen LogP) is 2.19. The number of halogens is 3. The highest BCUT2D eigenvalue weighted by atomic mass is 32.2. The molecule has 0 aliphatic rings. The third-order valence-corrected chi connectivity index (χ3v) is 4.92. The summed E-state index contributed by atoms with van der Waals surface area (Å²) in [7, 11) is -1.24. The second-order valence-corrected chi connectivity index (χ2v) is 7.09. The van der Waals surface area contributed by atoms with Gasteiger partial charge in [-0.3, -0.25) is 4.79 Å². The maximum absolute atomic E-state index is 12.8. The van der Waals surface area contributed by atoms with Crippen LogP contribution in [-0.4, -0.2) is 50.7 Å². The number of rotatable bonds is 6. The fraction of sp³-hybridized carbons (Fsp3) is 0.500. The van der Waals surface area contributed by atoms with Crippen molar-refractivity contribution in [3.05, 3.63) is 29.8 Å². The van der Waals surface area contributed by atoms with Gasteiger partial charge < -0.3 is 4.90 Å². The van der Waals surface area contributed by atoms with E-state index in [0.29, 0.717) is 12.5 Å². The number of hydrogen-bond donors (Lipinski definition) is 0. The minimum atomic E-state index is -4.64. The zero-order valence-corrected chi connectivity index (χ0v) is 13.9. The zero-order valence-electron chi connectivity index (χ0n) is 13.1. The molecule has 0 aliphatic carbocycles. The molecular weight excluding hydrogens is 333 g/mol. The van der Waals surface area contributed by atoms with E-state index in [0.717, 1.165) is 22.5 Å². The number of amides is 1. The topological polar surface area (TPSA) is 57.7 Å². The number of nitrogens with zero attached hydrogens (tertiary/aromatic N) is 2. The number of carbonyl (C=O) groups is 1. The van der Waals surface area contributed by atoms with E-state index in [2.05, 4.69) is 0 Å². The molecule has 0 saturated carbocycles. The Bertz CT molecular complexity index is 657. The van der Waals surface area contributed by atoms with Gasteiger partial charge in [-0.25, -0.2) is 8.42 Å². The molecule has 0 spiro atoms. The second-order valence-electron chi connectivity index (χ2n) is 5.15. The lowest BCUT2D eigenvalue weighted by Gasteiger charge is -2.23. The van der Waals surface area contributed by atoms with E-state index in [1.165, 1.54) is 19.0 Å². The van der Waals surface area contributed by atoms with Gasteiger partial charge in [-0.05, 0) is 24.6 Å². The molecule has 0 radical (unpaired) electrons. The lowest BCUT2D eigenvalue weighted by atomic mass is 10.2. The average molecular weight is 352 g/mol. The molecule has 1 amide bonds. The summed E-state index contributed by atoms with van der Waals surface area (Å²) in [4.78, 5) is 12.5. The van der Waals surface area contributed by atoms with Crippen molar-refractivity contribution in [1.82, 2.24) is 9.21 Å². The summed E-state index contributed by atoms with van der Waals surface area (Å²) in [5.41, 5.74) is -1.05. The van der Waals surface area contributed by atoms with Gasteiger partial charge >= 0.3 is 6.18 Å². The number of alkyl halides is 3. The van der Waals surface area contributed by atoms with Crippen molar-refractivity contribution in [2.45, 2.75) is 24.4 Å². The molecule has 1 aromatic carbocycles. The Balaban J connectivity index is 3.22. The van der Waals surface area contributed by atoms with Crippen LogP contribution in [0.4, 0.5) is 13.2 Å². The molecule has 0 fully saturated rings. The molecule has 9 heteroatoms. The van der Waals surface area contributed by atoms with Gasteiger partial charge in [-0.2, -0.15) is 17.5 Å². The molecule has 0 aromatic heterocycles. The molecule has 0 heterocycles. The van der Waals surface area contributed by atoms with Crippen molar-refractivity contribution in [2.24, 2.45) is 0 Å². The Morgan fingerprint density at radius 2 is 1.83 bits per heavy atom. The van der Waals surface area contributed by atoms with E-state index in [-0.39, 0.29) is 6.54 Å². The van der Waals surface area contributed by atoms with Gasteiger partial charge in [-0.1, -0.05) is 13.0 Å². The maximum Gasteiger partial charge on any atom is 0.416 e.